The van der Waals surface area contributed by atoms with Gasteiger partial charge in [-0.3, -0.25) is 4.79 Å². The van der Waals surface area contributed by atoms with Gasteiger partial charge in [0.05, 0.1) is 85.9 Å². The minimum Gasteiger partial charge on any atom is -0.463 e. The van der Waals surface area contributed by atoms with Crippen LogP contribution in [-0.2, 0) is 42.7 Å². The highest BCUT2D eigenvalue weighted by Crippen LogP contribution is 2.13. The van der Waals surface area contributed by atoms with E-state index >= 15 is 0 Å². The number of esters is 1. The molecule has 0 N–H and O–H groups in total. The van der Waals surface area contributed by atoms with Crippen LogP contribution < -0.4 is 0 Å². The standard InChI is InChI=1S/C34H68O9/c1-3-5-6-7-8-9-10-11-12-13-14-15-16-17-19-36-20-21-37-22-23-38-24-25-39-26-27-40-28-29-41-30-31-42-32-33-43-34(35)18-4-2/h3-33H2,1-2H3. The molecule has 0 aromatic heterocycles. The zero-order chi connectivity index (χ0) is 31.2. The van der Waals surface area contributed by atoms with Gasteiger partial charge in [-0.1, -0.05) is 97.3 Å². The number of hydrogen-bond donors (Lipinski definition) is 0. The first kappa shape index (κ1) is 42.2. The Kier molecular flexibility index (Phi) is 38.5. The molecule has 0 aromatic carbocycles. The summed E-state index contributed by atoms with van der Waals surface area (Å²) >= 11 is 0. The fourth-order valence-corrected chi connectivity index (χ4v) is 4.31. The Labute approximate surface area is 264 Å². The van der Waals surface area contributed by atoms with Gasteiger partial charge in [0, 0.05) is 13.0 Å². The van der Waals surface area contributed by atoms with Gasteiger partial charge in [0.15, 0.2) is 0 Å². The second kappa shape index (κ2) is 39.2. The van der Waals surface area contributed by atoms with Gasteiger partial charge in [-0.15, -0.1) is 0 Å². The fourth-order valence-electron chi connectivity index (χ4n) is 4.31. The SMILES string of the molecule is CCCCCCCCCCCCCCCCOCCOCCOCCOCCOCCOCCOCCOC(=O)CCC. The third kappa shape index (κ3) is 39.2. The van der Waals surface area contributed by atoms with E-state index in [1.807, 2.05) is 6.92 Å². The van der Waals surface area contributed by atoms with Gasteiger partial charge in [0.1, 0.15) is 6.61 Å². The van der Waals surface area contributed by atoms with Crippen LogP contribution in [0.15, 0.2) is 0 Å². The van der Waals surface area contributed by atoms with Gasteiger partial charge in [-0.05, 0) is 12.8 Å². The van der Waals surface area contributed by atoms with Crippen LogP contribution >= 0.6 is 0 Å². The van der Waals surface area contributed by atoms with E-state index < -0.39 is 0 Å². The van der Waals surface area contributed by atoms with E-state index in [1.165, 1.54) is 83.5 Å². The van der Waals surface area contributed by atoms with E-state index in [1.54, 1.807) is 0 Å². The minimum atomic E-state index is -0.178. The molecule has 9 nitrogen and oxygen atoms in total. The maximum atomic E-state index is 11.2. The third-order valence-corrected chi connectivity index (χ3v) is 6.82. The summed E-state index contributed by atoms with van der Waals surface area (Å²) in [6.07, 6.45) is 20.5. The fraction of sp³-hybridized carbons (Fsp3) is 0.971. The molecule has 0 rings (SSSR count). The van der Waals surface area contributed by atoms with Crippen molar-refractivity contribution in [2.45, 2.75) is 117 Å². The lowest BCUT2D eigenvalue weighted by molar-refractivity contribution is -0.145. The molecule has 0 aliphatic rings. The van der Waals surface area contributed by atoms with Crippen molar-refractivity contribution >= 4 is 5.97 Å². The summed E-state index contributed by atoms with van der Waals surface area (Å²) in [5.41, 5.74) is 0. The molecule has 0 amide bonds. The smallest absolute Gasteiger partial charge is 0.305 e. The number of rotatable bonds is 38. The number of ether oxygens (including phenoxy) is 8. The summed E-state index contributed by atoms with van der Waals surface area (Å²) in [5, 5.41) is 0. The molecule has 0 heterocycles. The first-order valence-corrected chi connectivity index (χ1v) is 17.5. The molecule has 0 spiro atoms. The molecule has 0 unspecified atom stereocenters. The van der Waals surface area contributed by atoms with Gasteiger partial charge in [0.25, 0.3) is 0 Å². The van der Waals surface area contributed by atoms with Crippen LogP contribution in [0.4, 0.5) is 0 Å². The Morgan fingerprint density at radius 2 is 0.605 bits per heavy atom. The van der Waals surface area contributed by atoms with Crippen LogP contribution in [0.3, 0.4) is 0 Å². The first-order valence-electron chi connectivity index (χ1n) is 17.5. The largest absolute Gasteiger partial charge is 0.463 e. The first-order chi connectivity index (χ1) is 21.3. The molecule has 0 saturated heterocycles. The van der Waals surface area contributed by atoms with Crippen LogP contribution in [0.2, 0.25) is 0 Å². The topological polar surface area (TPSA) is 90.9 Å². The molecule has 258 valence electrons. The molecule has 0 atom stereocenters. The quantitative estimate of drug-likeness (QED) is 0.0538. The summed E-state index contributed by atoms with van der Waals surface area (Å²) < 4.78 is 43.4. The second-order valence-electron chi connectivity index (χ2n) is 10.9. The summed E-state index contributed by atoms with van der Waals surface area (Å²) in [6.45, 7) is 12.2. The number of carbonyl (C=O) groups is 1. The van der Waals surface area contributed by atoms with Crippen molar-refractivity contribution in [3.63, 3.8) is 0 Å². The highest BCUT2D eigenvalue weighted by atomic mass is 16.6. The van der Waals surface area contributed by atoms with Gasteiger partial charge in [-0.25, -0.2) is 0 Å². The predicted octanol–water partition coefficient (Wildman–Crippen LogP) is 6.93. The van der Waals surface area contributed by atoms with Gasteiger partial charge >= 0.3 is 5.97 Å². The lowest BCUT2D eigenvalue weighted by Gasteiger charge is -2.08. The van der Waals surface area contributed by atoms with Crippen LogP contribution in [0.1, 0.15) is 117 Å². The van der Waals surface area contributed by atoms with E-state index in [9.17, 15) is 4.79 Å². The molecular weight excluding hydrogens is 552 g/mol. The van der Waals surface area contributed by atoms with Gasteiger partial charge in [0.2, 0.25) is 0 Å². The monoisotopic (exact) mass is 620 g/mol. The van der Waals surface area contributed by atoms with Gasteiger partial charge in [-0.2, -0.15) is 0 Å². The Bertz CT molecular complexity index is 522. The van der Waals surface area contributed by atoms with Crippen molar-refractivity contribution in [2.75, 3.05) is 99.1 Å². The van der Waals surface area contributed by atoms with Gasteiger partial charge < -0.3 is 37.9 Å². The van der Waals surface area contributed by atoms with E-state index in [-0.39, 0.29) is 12.6 Å². The maximum Gasteiger partial charge on any atom is 0.305 e. The lowest BCUT2D eigenvalue weighted by Crippen LogP contribution is -2.15. The zero-order valence-corrected chi connectivity index (χ0v) is 28.1. The van der Waals surface area contributed by atoms with Crippen molar-refractivity contribution in [3.8, 4) is 0 Å². The van der Waals surface area contributed by atoms with Crippen LogP contribution in [-0.4, -0.2) is 105 Å². The summed E-state index contributed by atoms with van der Waals surface area (Å²) in [6, 6.07) is 0. The number of carbonyl (C=O) groups excluding carboxylic acids is 1. The van der Waals surface area contributed by atoms with E-state index in [2.05, 4.69) is 6.92 Å². The average molecular weight is 621 g/mol. The summed E-state index contributed by atoms with van der Waals surface area (Å²) in [7, 11) is 0. The molecule has 0 radical (unpaired) electrons. The lowest BCUT2D eigenvalue weighted by atomic mass is 10.0. The highest BCUT2D eigenvalue weighted by Gasteiger charge is 2.00. The average Bonchev–Trinajstić information content (AvgIpc) is 3.01. The van der Waals surface area contributed by atoms with Crippen molar-refractivity contribution in [2.24, 2.45) is 0 Å². The van der Waals surface area contributed by atoms with Crippen LogP contribution in [0.5, 0.6) is 0 Å². The molecule has 0 bridgehead atoms. The van der Waals surface area contributed by atoms with Crippen molar-refractivity contribution in [1.29, 1.82) is 0 Å². The summed E-state index contributed by atoms with van der Waals surface area (Å²) in [4.78, 5) is 11.2. The van der Waals surface area contributed by atoms with Crippen molar-refractivity contribution in [1.82, 2.24) is 0 Å². The van der Waals surface area contributed by atoms with E-state index in [0.717, 1.165) is 19.4 Å². The molecule has 0 aliphatic carbocycles. The van der Waals surface area contributed by atoms with E-state index in [0.29, 0.717) is 92.3 Å². The Hall–Kier alpha value is -0.810. The van der Waals surface area contributed by atoms with Crippen molar-refractivity contribution < 1.29 is 42.7 Å². The van der Waals surface area contributed by atoms with Crippen LogP contribution in [0.25, 0.3) is 0 Å². The maximum absolute atomic E-state index is 11.2. The molecular formula is C34H68O9. The second-order valence-corrected chi connectivity index (χ2v) is 10.9. The summed E-state index contributed by atoms with van der Waals surface area (Å²) in [5.74, 6) is -0.178. The Balaban J connectivity index is 3.05. The Morgan fingerprint density at radius 1 is 0.326 bits per heavy atom. The minimum absolute atomic E-state index is 0.178. The molecule has 0 saturated carbocycles. The molecule has 9 heteroatoms. The van der Waals surface area contributed by atoms with Crippen molar-refractivity contribution in [3.05, 3.63) is 0 Å². The number of hydrogen-bond acceptors (Lipinski definition) is 9. The molecule has 0 aromatic rings. The number of unbranched alkanes of at least 4 members (excludes halogenated alkanes) is 13. The molecule has 0 aliphatic heterocycles. The zero-order valence-electron chi connectivity index (χ0n) is 28.1. The third-order valence-electron chi connectivity index (χ3n) is 6.82. The predicted molar refractivity (Wildman–Crippen MR) is 172 cm³/mol. The molecule has 0 fully saturated rings. The normalized spacial score (nSPS) is 11.4. The van der Waals surface area contributed by atoms with Crippen LogP contribution in [0, 0.1) is 0 Å². The Morgan fingerprint density at radius 3 is 0.930 bits per heavy atom. The van der Waals surface area contributed by atoms with E-state index in [4.69, 9.17) is 37.9 Å². The highest BCUT2D eigenvalue weighted by molar-refractivity contribution is 5.69. The molecule has 43 heavy (non-hydrogen) atoms.